The van der Waals surface area contributed by atoms with Crippen LogP contribution in [0.5, 0.6) is 5.75 Å². The van der Waals surface area contributed by atoms with Crippen molar-refractivity contribution in [2.75, 3.05) is 7.05 Å². The minimum Gasteiger partial charge on any atom is -0.506 e. The van der Waals surface area contributed by atoms with Crippen LogP contribution >= 0.6 is 23.2 Å². The van der Waals surface area contributed by atoms with E-state index in [1.165, 1.54) is 25.2 Å². The van der Waals surface area contributed by atoms with Gasteiger partial charge in [0.1, 0.15) is 22.7 Å². The highest BCUT2D eigenvalue weighted by molar-refractivity contribution is 6.37. The third-order valence-corrected chi connectivity index (χ3v) is 4.54. The summed E-state index contributed by atoms with van der Waals surface area (Å²) in [6.07, 6.45) is 0. The molecule has 0 aliphatic heterocycles. The first-order valence-electron chi connectivity index (χ1n) is 7.79. The fourth-order valence-electron chi connectivity index (χ4n) is 2.44. The second-order valence-corrected chi connectivity index (χ2v) is 6.76. The van der Waals surface area contributed by atoms with Crippen LogP contribution in [0.25, 0.3) is 5.76 Å². The zero-order chi connectivity index (χ0) is 21.2. The van der Waals surface area contributed by atoms with Crippen LogP contribution < -0.4 is 0 Å². The molecule has 2 rings (SSSR count). The molecule has 0 spiro atoms. The summed E-state index contributed by atoms with van der Waals surface area (Å²) in [5.41, 5.74) is -0.457. The number of nitrogens with zero attached hydrogens (tertiary/aromatic N) is 2. The Morgan fingerprint density at radius 2 is 1.93 bits per heavy atom. The van der Waals surface area contributed by atoms with Crippen LogP contribution in [0.2, 0.25) is 10.0 Å². The molecule has 146 valence electrons. The number of carbonyl (C=O) groups excluding carboxylic acids is 1. The molecule has 0 bridgehead atoms. The summed E-state index contributed by atoms with van der Waals surface area (Å²) in [5, 5.41) is 28.0. The van der Waals surface area contributed by atoms with Crippen LogP contribution in [-0.4, -0.2) is 28.1 Å². The predicted molar refractivity (Wildman–Crippen MR) is 101 cm³/mol. The highest BCUT2D eigenvalue weighted by atomic mass is 35.5. The van der Waals surface area contributed by atoms with Crippen LogP contribution in [0.4, 0.5) is 8.78 Å². The molecule has 0 heterocycles. The monoisotopic (exact) mass is 426 g/mol. The molecule has 9 heteroatoms. The van der Waals surface area contributed by atoms with Crippen molar-refractivity contribution in [1.82, 2.24) is 4.90 Å². The number of hydrogen-bond donors (Lipinski definition) is 2. The molecular weight excluding hydrogens is 413 g/mol. The first kappa shape index (κ1) is 21.5. The van der Waals surface area contributed by atoms with Gasteiger partial charge in [-0.2, -0.15) is 5.26 Å². The number of hydrogen-bond acceptors (Lipinski definition) is 4. The Labute approximate surface area is 169 Å². The summed E-state index contributed by atoms with van der Waals surface area (Å²) in [6, 6.07) is 6.68. The minimum atomic E-state index is -1.26. The number of halogens is 4. The van der Waals surface area contributed by atoms with Gasteiger partial charge < -0.3 is 15.1 Å². The molecule has 2 aromatic rings. The molecule has 2 aromatic carbocycles. The smallest absolute Gasteiger partial charge is 0.268 e. The predicted octanol–water partition coefficient (Wildman–Crippen LogP) is 4.74. The summed E-state index contributed by atoms with van der Waals surface area (Å²) in [4.78, 5) is 13.6. The molecule has 0 aromatic heterocycles. The maximum Gasteiger partial charge on any atom is 0.268 e. The number of aliphatic hydroxyl groups excluding tert-OH is 1. The summed E-state index contributed by atoms with van der Waals surface area (Å²) in [5.74, 6) is -4.52. The van der Waals surface area contributed by atoms with Gasteiger partial charge in [-0.3, -0.25) is 4.79 Å². The van der Waals surface area contributed by atoms with Crippen molar-refractivity contribution in [3.05, 3.63) is 68.2 Å². The highest BCUT2D eigenvalue weighted by Crippen LogP contribution is 2.38. The molecule has 0 aliphatic carbocycles. The number of likely N-dealkylation sites (N-methyl/N-ethyl adjacent to an activating group) is 1. The number of aryl methyl sites for hydroxylation is 1. The molecule has 0 unspecified atom stereocenters. The van der Waals surface area contributed by atoms with Crippen molar-refractivity contribution in [3.8, 4) is 11.8 Å². The van der Waals surface area contributed by atoms with E-state index in [4.69, 9.17) is 23.2 Å². The Kier molecular flexibility index (Phi) is 6.49. The van der Waals surface area contributed by atoms with Gasteiger partial charge in [-0.1, -0.05) is 40.9 Å². The molecule has 28 heavy (non-hydrogen) atoms. The van der Waals surface area contributed by atoms with Crippen LogP contribution in [0, 0.1) is 29.9 Å². The van der Waals surface area contributed by atoms with Gasteiger partial charge >= 0.3 is 0 Å². The number of rotatable bonds is 4. The fraction of sp³-hybridized carbons (Fsp3) is 0.158. The standard InChI is InChI=1S/C19H14Cl2F2N2O3/c1-9-3-4-14(22)10(5-9)8-25(2)19(28)12(7-24)17(26)11-6-13(20)18(27)15(21)16(11)23/h3-6,26-27H,8H2,1-2H3/b17-12-. The zero-order valence-corrected chi connectivity index (χ0v) is 16.2. The lowest BCUT2D eigenvalue weighted by molar-refractivity contribution is -0.126. The second kappa shape index (κ2) is 8.46. The van der Waals surface area contributed by atoms with Gasteiger partial charge in [-0.25, -0.2) is 8.78 Å². The third-order valence-electron chi connectivity index (χ3n) is 3.91. The molecule has 1 amide bonds. The van der Waals surface area contributed by atoms with Crippen LogP contribution in [0.3, 0.4) is 0 Å². The number of aromatic hydroxyl groups is 1. The normalized spacial score (nSPS) is 11.6. The van der Waals surface area contributed by atoms with E-state index in [1.54, 1.807) is 13.0 Å². The van der Waals surface area contributed by atoms with E-state index in [1.807, 2.05) is 0 Å². The van der Waals surface area contributed by atoms with Gasteiger partial charge in [0.05, 0.1) is 10.6 Å². The maximum absolute atomic E-state index is 14.3. The molecule has 0 aliphatic rings. The lowest BCUT2D eigenvalue weighted by Crippen LogP contribution is -2.28. The Morgan fingerprint density at radius 3 is 2.54 bits per heavy atom. The number of benzene rings is 2. The molecule has 0 fully saturated rings. The number of phenols is 1. The zero-order valence-electron chi connectivity index (χ0n) is 14.7. The van der Waals surface area contributed by atoms with Gasteiger partial charge in [0.15, 0.2) is 17.1 Å². The van der Waals surface area contributed by atoms with Crippen molar-refractivity contribution in [3.63, 3.8) is 0 Å². The first-order valence-corrected chi connectivity index (χ1v) is 8.54. The topological polar surface area (TPSA) is 84.6 Å². The van der Waals surface area contributed by atoms with E-state index >= 15 is 0 Å². The quantitative estimate of drug-likeness (QED) is 0.320. The SMILES string of the molecule is Cc1ccc(F)c(CN(C)C(=O)/C(C#N)=C(\O)c2cc(Cl)c(O)c(Cl)c2F)c1. The molecule has 0 saturated carbocycles. The Bertz CT molecular complexity index is 1030. The van der Waals surface area contributed by atoms with Gasteiger partial charge in [0.2, 0.25) is 0 Å². The van der Waals surface area contributed by atoms with Crippen LogP contribution in [0.1, 0.15) is 16.7 Å². The molecular formula is C19H14Cl2F2N2O3. The molecule has 0 atom stereocenters. The summed E-state index contributed by atoms with van der Waals surface area (Å²) in [6.45, 7) is 1.56. The van der Waals surface area contributed by atoms with E-state index in [9.17, 15) is 29.1 Å². The first-order chi connectivity index (χ1) is 13.1. The van der Waals surface area contributed by atoms with E-state index in [0.29, 0.717) is 0 Å². The largest absolute Gasteiger partial charge is 0.506 e. The molecule has 2 N–H and O–H groups in total. The third kappa shape index (κ3) is 4.19. The summed E-state index contributed by atoms with van der Waals surface area (Å²) >= 11 is 11.3. The van der Waals surface area contributed by atoms with E-state index in [2.05, 4.69) is 0 Å². The second-order valence-electron chi connectivity index (χ2n) is 5.97. The highest BCUT2D eigenvalue weighted by Gasteiger charge is 2.25. The lowest BCUT2D eigenvalue weighted by atomic mass is 10.1. The number of aliphatic hydroxyl groups is 1. The van der Waals surface area contributed by atoms with E-state index in [0.717, 1.165) is 16.5 Å². The Hall–Kier alpha value is -2.82. The average molecular weight is 427 g/mol. The van der Waals surface area contributed by atoms with Gasteiger partial charge in [-0.05, 0) is 19.1 Å². The van der Waals surface area contributed by atoms with E-state index < -0.39 is 45.2 Å². The van der Waals surface area contributed by atoms with Crippen molar-refractivity contribution >= 4 is 34.9 Å². The lowest BCUT2D eigenvalue weighted by Gasteiger charge is -2.18. The van der Waals surface area contributed by atoms with Gasteiger partial charge in [0, 0.05) is 19.2 Å². The molecule has 5 nitrogen and oxygen atoms in total. The average Bonchev–Trinajstić information content (AvgIpc) is 2.66. The van der Waals surface area contributed by atoms with Crippen molar-refractivity contribution < 1.29 is 23.8 Å². The van der Waals surface area contributed by atoms with Crippen LogP contribution in [-0.2, 0) is 11.3 Å². The van der Waals surface area contributed by atoms with Crippen molar-refractivity contribution in [2.24, 2.45) is 0 Å². The maximum atomic E-state index is 14.3. The minimum absolute atomic E-state index is 0.190. The Balaban J connectivity index is 2.44. The Morgan fingerprint density at radius 1 is 1.29 bits per heavy atom. The fourth-order valence-corrected chi connectivity index (χ4v) is 2.89. The van der Waals surface area contributed by atoms with Crippen LogP contribution in [0.15, 0.2) is 29.8 Å². The number of amides is 1. The van der Waals surface area contributed by atoms with Crippen molar-refractivity contribution in [1.29, 1.82) is 5.26 Å². The summed E-state index contributed by atoms with van der Waals surface area (Å²) in [7, 11) is 1.29. The van der Waals surface area contributed by atoms with E-state index in [-0.39, 0.29) is 17.1 Å². The molecule has 0 saturated heterocycles. The van der Waals surface area contributed by atoms with Gasteiger partial charge in [0.25, 0.3) is 5.91 Å². The number of carbonyl (C=O) groups is 1. The van der Waals surface area contributed by atoms with Crippen molar-refractivity contribution in [2.45, 2.75) is 13.5 Å². The summed E-state index contributed by atoms with van der Waals surface area (Å²) < 4.78 is 28.2. The van der Waals surface area contributed by atoms with Gasteiger partial charge in [-0.15, -0.1) is 0 Å². The molecule has 0 radical (unpaired) electrons. The number of phenolic OH excluding ortho intramolecular Hbond substituents is 1. The number of nitriles is 1.